The first-order chi connectivity index (χ1) is 15.3. The van der Waals surface area contributed by atoms with Crippen molar-refractivity contribution in [2.45, 2.75) is 63.9 Å². The van der Waals surface area contributed by atoms with Crippen LogP contribution in [0.5, 0.6) is 5.75 Å². The summed E-state index contributed by atoms with van der Waals surface area (Å²) in [6.07, 6.45) is 4.59. The molecule has 0 fully saturated rings. The van der Waals surface area contributed by atoms with Crippen LogP contribution in [0.3, 0.4) is 0 Å². The number of methoxy groups -OCH3 is 1. The van der Waals surface area contributed by atoms with Crippen LogP contribution in [-0.4, -0.2) is 28.6 Å². The van der Waals surface area contributed by atoms with Crippen molar-refractivity contribution in [3.8, 4) is 5.75 Å². The van der Waals surface area contributed by atoms with Crippen LogP contribution in [0.15, 0.2) is 45.5 Å². The molecule has 32 heavy (non-hydrogen) atoms. The first kappa shape index (κ1) is 22.6. The SMILES string of the molecule is CCCCCSc1nc2c(c(=O)[nH]1)C(c1cccc(OC)c1)C1=C(CC(C)(C)CC1=O)N2. The Labute approximate surface area is 193 Å². The molecule has 1 aliphatic carbocycles. The van der Waals surface area contributed by atoms with Crippen molar-refractivity contribution in [3.05, 3.63) is 57.0 Å². The molecule has 0 saturated heterocycles. The number of ether oxygens (including phenoxy) is 1. The molecule has 0 saturated carbocycles. The largest absolute Gasteiger partial charge is 0.497 e. The van der Waals surface area contributed by atoms with E-state index < -0.39 is 5.92 Å². The van der Waals surface area contributed by atoms with E-state index >= 15 is 0 Å². The third-order valence-corrected chi connectivity index (χ3v) is 7.07. The Balaban J connectivity index is 1.82. The Bertz CT molecular complexity index is 1120. The molecule has 0 bridgehead atoms. The van der Waals surface area contributed by atoms with Gasteiger partial charge in [0.15, 0.2) is 10.9 Å². The number of H-pyrrole nitrogens is 1. The molecule has 1 unspecified atom stereocenters. The number of benzene rings is 1. The van der Waals surface area contributed by atoms with E-state index in [0.717, 1.165) is 42.7 Å². The normalized spacial score (nSPS) is 19.2. The summed E-state index contributed by atoms with van der Waals surface area (Å²) >= 11 is 1.57. The average Bonchev–Trinajstić information content (AvgIpc) is 2.74. The highest BCUT2D eigenvalue weighted by Gasteiger charge is 2.42. The molecule has 1 atom stereocenters. The van der Waals surface area contributed by atoms with Gasteiger partial charge in [0.25, 0.3) is 5.56 Å². The smallest absolute Gasteiger partial charge is 0.257 e. The van der Waals surface area contributed by atoms with E-state index in [1.54, 1.807) is 18.9 Å². The van der Waals surface area contributed by atoms with E-state index in [0.29, 0.717) is 34.3 Å². The van der Waals surface area contributed by atoms with Crippen LogP contribution in [0.1, 0.15) is 69.9 Å². The summed E-state index contributed by atoms with van der Waals surface area (Å²) in [5, 5.41) is 4.00. The van der Waals surface area contributed by atoms with Gasteiger partial charge in [-0.05, 0) is 36.0 Å². The Kier molecular flexibility index (Phi) is 6.47. The maximum absolute atomic E-state index is 13.3. The van der Waals surface area contributed by atoms with Crippen molar-refractivity contribution in [3.63, 3.8) is 0 Å². The lowest BCUT2D eigenvalue weighted by atomic mass is 9.69. The van der Waals surface area contributed by atoms with Crippen LogP contribution >= 0.6 is 11.8 Å². The van der Waals surface area contributed by atoms with E-state index in [-0.39, 0.29) is 16.8 Å². The number of Topliss-reactive ketones (excluding diaryl/α,β-unsaturated/α-hetero) is 1. The quantitative estimate of drug-likeness (QED) is 0.338. The number of hydrogen-bond donors (Lipinski definition) is 2. The Morgan fingerprint density at radius 2 is 2.03 bits per heavy atom. The van der Waals surface area contributed by atoms with Gasteiger partial charge in [-0.2, -0.15) is 0 Å². The molecule has 7 heteroatoms. The molecular weight excluding hydrogens is 422 g/mol. The fourth-order valence-corrected chi connectivity index (χ4v) is 5.50. The second-order valence-electron chi connectivity index (χ2n) is 9.36. The number of rotatable bonds is 7. The number of nitrogens with one attached hydrogen (secondary N) is 2. The topological polar surface area (TPSA) is 84.1 Å². The monoisotopic (exact) mass is 453 g/mol. The average molecular weight is 454 g/mol. The number of ketones is 1. The second kappa shape index (κ2) is 9.14. The third kappa shape index (κ3) is 4.49. The summed E-state index contributed by atoms with van der Waals surface area (Å²) < 4.78 is 5.42. The molecule has 1 aliphatic heterocycles. The van der Waals surface area contributed by atoms with Gasteiger partial charge in [-0.15, -0.1) is 0 Å². The first-order valence-electron chi connectivity index (χ1n) is 11.3. The predicted molar refractivity (Wildman–Crippen MR) is 129 cm³/mol. The number of allylic oxidation sites excluding steroid dienone is 2. The van der Waals surface area contributed by atoms with Gasteiger partial charge < -0.3 is 15.0 Å². The van der Waals surface area contributed by atoms with Crippen LogP contribution in [0.4, 0.5) is 5.82 Å². The standard InChI is InChI=1S/C25H31N3O3S/c1-5-6-7-11-32-24-27-22-21(23(30)28-24)19(15-9-8-10-16(12-15)31-4)20-17(26-22)13-25(2,3)14-18(20)29/h8-10,12,19H,5-7,11,13-14H2,1-4H3,(H2,26,27,28,30). The molecule has 0 radical (unpaired) electrons. The molecule has 2 N–H and O–H groups in total. The summed E-state index contributed by atoms with van der Waals surface area (Å²) in [5.41, 5.74) is 2.59. The second-order valence-corrected chi connectivity index (χ2v) is 10.4. The maximum Gasteiger partial charge on any atom is 0.257 e. The molecular formula is C25H31N3O3S. The molecule has 0 spiro atoms. The maximum atomic E-state index is 13.3. The van der Waals surface area contributed by atoms with Crippen molar-refractivity contribution in [2.75, 3.05) is 18.2 Å². The molecule has 2 aliphatic rings. The molecule has 170 valence electrons. The number of thioether (sulfide) groups is 1. The Morgan fingerprint density at radius 3 is 2.78 bits per heavy atom. The number of carbonyl (C=O) groups is 1. The van der Waals surface area contributed by atoms with Gasteiger partial charge in [-0.25, -0.2) is 4.98 Å². The number of anilines is 1. The number of hydrogen-bond acceptors (Lipinski definition) is 6. The van der Waals surface area contributed by atoms with Crippen molar-refractivity contribution >= 4 is 23.4 Å². The van der Waals surface area contributed by atoms with Crippen LogP contribution in [0, 0.1) is 5.41 Å². The summed E-state index contributed by atoms with van der Waals surface area (Å²) in [6.45, 7) is 6.38. The van der Waals surface area contributed by atoms with Gasteiger partial charge in [0.1, 0.15) is 11.6 Å². The fourth-order valence-electron chi connectivity index (χ4n) is 4.64. The van der Waals surface area contributed by atoms with Crippen LogP contribution in [-0.2, 0) is 4.79 Å². The molecule has 4 rings (SSSR count). The molecule has 0 amide bonds. The summed E-state index contributed by atoms with van der Waals surface area (Å²) in [4.78, 5) is 34.3. The van der Waals surface area contributed by atoms with Gasteiger partial charge in [-0.1, -0.05) is 57.5 Å². The van der Waals surface area contributed by atoms with E-state index in [2.05, 4.69) is 31.1 Å². The van der Waals surface area contributed by atoms with Crippen molar-refractivity contribution < 1.29 is 9.53 Å². The van der Waals surface area contributed by atoms with E-state index in [9.17, 15) is 9.59 Å². The van der Waals surface area contributed by atoms with Crippen molar-refractivity contribution in [1.29, 1.82) is 0 Å². The van der Waals surface area contributed by atoms with Crippen LogP contribution in [0.25, 0.3) is 0 Å². The lowest BCUT2D eigenvalue weighted by Gasteiger charge is -2.38. The van der Waals surface area contributed by atoms with E-state index in [1.807, 2.05) is 24.3 Å². The number of unbranched alkanes of at least 4 members (excludes halogenated alkanes) is 2. The summed E-state index contributed by atoms with van der Waals surface area (Å²) in [7, 11) is 1.62. The lowest BCUT2D eigenvalue weighted by Crippen LogP contribution is -2.37. The van der Waals surface area contributed by atoms with Gasteiger partial charge in [0.05, 0.1) is 12.7 Å². The van der Waals surface area contributed by atoms with Gasteiger partial charge in [0, 0.05) is 29.4 Å². The molecule has 6 nitrogen and oxygen atoms in total. The molecule has 1 aromatic carbocycles. The molecule has 1 aromatic heterocycles. The van der Waals surface area contributed by atoms with Crippen molar-refractivity contribution in [1.82, 2.24) is 9.97 Å². The van der Waals surface area contributed by atoms with Crippen LogP contribution < -0.4 is 15.6 Å². The Hall–Kier alpha value is -2.54. The first-order valence-corrected chi connectivity index (χ1v) is 12.3. The number of aromatic amines is 1. The minimum absolute atomic E-state index is 0.0830. The Morgan fingerprint density at radius 1 is 1.22 bits per heavy atom. The van der Waals surface area contributed by atoms with Gasteiger partial charge >= 0.3 is 0 Å². The molecule has 2 heterocycles. The zero-order valence-electron chi connectivity index (χ0n) is 19.2. The summed E-state index contributed by atoms with van der Waals surface area (Å²) in [6, 6.07) is 7.62. The van der Waals surface area contributed by atoms with E-state index in [1.165, 1.54) is 0 Å². The highest BCUT2D eigenvalue weighted by molar-refractivity contribution is 7.99. The van der Waals surface area contributed by atoms with Gasteiger partial charge in [-0.3, -0.25) is 9.59 Å². The lowest BCUT2D eigenvalue weighted by molar-refractivity contribution is -0.118. The van der Waals surface area contributed by atoms with E-state index in [4.69, 9.17) is 9.72 Å². The minimum atomic E-state index is -0.463. The highest BCUT2D eigenvalue weighted by Crippen LogP contribution is 2.48. The number of fused-ring (bicyclic) bond motifs is 1. The minimum Gasteiger partial charge on any atom is -0.497 e. The third-order valence-electron chi connectivity index (χ3n) is 6.11. The van der Waals surface area contributed by atoms with Gasteiger partial charge in [0.2, 0.25) is 0 Å². The van der Waals surface area contributed by atoms with Crippen molar-refractivity contribution in [2.24, 2.45) is 5.41 Å². The predicted octanol–water partition coefficient (Wildman–Crippen LogP) is 5.26. The molecule has 2 aromatic rings. The highest BCUT2D eigenvalue weighted by atomic mass is 32.2. The zero-order chi connectivity index (χ0) is 22.9. The number of nitrogens with zero attached hydrogens (tertiary/aromatic N) is 1. The number of aromatic nitrogens is 2. The number of carbonyl (C=O) groups excluding carboxylic acids is 1. The summed E-state index contributed by atoms with van der Waals surface area (Å²) in [5.74, 6) is 1.79. The fraction of sp³-hybridized carbons (Fsp3) is 0.480. The zero-order valence-corrected chi connectivity index (χ0v) is 20.0. The van der Waals surface area contributed by atoms with Crippen LogP contribution in [0.2, 0.25) is 0 Å².